The molecule has 148 valence electrons. The molecule has 2 aliphatic heterocycles. The van der Waals surface area contributed by atoms with Crippen molar-refractivity contribution in [1.82, 2.24) is 5.32 Å². The van der Waals surface area contributed by atoms with Crippen molar-refractivity contribution in [2.75, 3.05) is 4.90 Å². The van der Waals surface area contributed by atoms with Crippen LogP contribution in [0.5, 0.6) is 5.75 Å². The standard InChI is InChI=1S/C22H19ClN2O3S/c1-22(2)10-9-14-11-13(3-8-18(14)28-22)12-17-19(26)24-21(29)25(20(17)27)16-6-4-15(23)5-7-16/h3-8,11-12H,9-10H2,1-2H3,(H,24,26,29). The van der Waals surface area contributed by atoms with Crippen molar-refractivity contribution in [2.45, 2.75) is 32.3 Å². The number of carbonyl (C=O) groups excluding carboxylic acids is 2. The molecule has 2 heterocycles. The summed E-state index contributed by atoms with van der Waals surface area (Å²) in [7, 11) is 0. The maximum atomic E-state index is 13.1. The third kappa shape index (κ3) is 3.91. The lowest BCUT2D eigenvalue weighted by Crippen LogP contribution is -2.54. The molecule has 0 unspecified atom stereocenters. The molecule has 2 aliphatic rings. The van der Waals surface area contributed by atoms with E-state index in [9.17, 15) is 9.59 Å². The van der Waals surface area contributed by atoms with Crippen molar-refractivity contribution in [3.05, 3.63) is 64.2 Å². The van der Waals surface area contributed by atoms with Gasteiger partial charge >= 0.3 is 0 Å². The molecule has 1 fully saturated rings. The van der Waals surface area contributed by atoms with Crippen molar-refractivity contribution in [2.24, 2.45) is 0 Å². The lowest BCUT2D eigenvalue weighted by Gasteiger charge is -2.32. The van der Waals surface area contributed by atoms with Crippen LogP contribution in [0.1, 0.15) is 31.4 Å². The number of anilines is 1. The van der Waals surface area contributed by atoms with Gasteiger partial charge in [0.1, 0.15) is 16.9 Å². The topological polar surface area (TPSA) is 58.6 Å². The SMILES string of the molecule is CC1(C)CCc2cc(C=C3C(=O)NC(=S)N(c4ccc(Cl)cc4)C3=O)ccc2O1. The van der Waals surface area contributed by atoms with E-state index in [1.165, 1.54) is 4.90 Å². The monoisotopic (exact) mass is 426 g/mol. The molecule has 7 heteroatoms. The minimum absolute atomic E-state index is 0.0190. The molecule has 0 saturated carbocycles. The number of aryl methyl sites for hydroxylation is 1. The Morgan fingerprint density at radius 2 is 1.90 bits per heavy atom. The highest BCUT2D eigenvalue weighted by atomic mass is 35.5. The summed E-state index contributed by atoms with van der Waals surface area (Å²) in [5, 5.41) is 3.17. The lowest BCUT2D eigenvalue weighted by atomic mass is 9.93. The molecule has 1 saturated heterocycles. The van der Waals surface area contributed by atoms with Gasteiger partial charge in [-0.3, -0.25) is 19.8 Å². The molecule has 29 heavy (non-hydrogen) atoms. The van der Waals surface area contributed by atoms with Gasteiger partial charge in [-0.25, -0.2) is 0 Å². The van der Waals surface area contributed by atoms with Crippen LogP contribution in [0.25, 0.3) is 6.08 Å². The third-order valence-corrected chi connectivity index (χ3v) is 5.50. The fourth-order valence-electron chi connectivity index (χ4n) is 3.42. The van der Waals surface area contributed by atoms with Gasteiger partial charge in [0.25, 0.3) is 11.8 Å². The predicted octanol–water partition coefficient (Wildman–Crippen LogP) is 4.27. The molecule has 0 spiro atoms. The molecule has 2 aromatic carbocycles. The van der Waals surface area contributed by atoms with Gasteiger partial charge < -0.3 is 4.74 Å². The van der Waals surface area contributed by atoms with Crippen LogP contribution in [0.4, 0.5) is 5.69 Å². The number of halogens is 1. The number of ether oxygens (including phenoxy) is 1. The van der Waals surface area contributed by atoms with Crippen LogP contribution in [-0.4, -0.2) is 22.5 Å². The van der Waals surface area contributed by atoms with Crippen molar-refractivity contribution in [1.29, 1.82) is 0 Å². The van der Waals surface area contributed by atoms with E-state index < -0.39 is 11.8 Å². The van der Waals surface area contributed by atoms with E-state index >= 15 is 0 Å². The first-order valence-corrected chi connectivity index (χ1v) is 10.0. The number of rotatable bonds is 2. The van der Waals surface area contributed by atoms with Crippen LogP contribution in [0.15, 0.2) is 48.0 Å². The van der Waals surface area contributed by atoms with Crippen LogP contribution in [0, 0.1) is 0 Å². The summed E-state index contributed by atoms with van der Waals surface area (Å²) in [6.45, 7) is 4.12. The zero-order valence-electron chi connectivity index (χ0n) is 16.0. The summed E-state index contributed by atoms with van der Waals surface area (Å²) >= 11 is 11.1. The summed E-state index contributed by atoms with van der Waals surface area (Å²) < 4.78 is 6.00. The van der Waals surface area contributed by atoms with Gasteiger partial charge in [-0.15, -0.1) is 0 Å². The molecular weight excluding hydrogens is 408 g/mol. The van der Waals surface area contributed by atoms with E-state index in [4.69, 9.17) is 28.6 Å². The smallest absolute Gasteiger partial charge is 0.270 e. The average molecular weight is 427 g/mol. The van der Waals surface area contributed by atoms with Crippen LogP contribution in [0.3, 0.4) is 0 Å². The van der Waals surface area contributed by atoms with E-state index in [0.717, 1.165) is 29.7 Å². The molecule has 0 atom stereocenters. The van der Waals surface area contributed by atoms with Gasteiger partial charge in [-0.1, -0.05) is 17.7 Å². The number of nitrogens with zero attached hydrogens (tertiary/aromatic N) is 1. The number of benzene rings is 2. The van der Waals surface area contributed by atoms with E-state index in [2.05, 4.69) is 19.2 Å². The Hall–Kier alpha value is -2.70. The van der Waals surface area contributed by atoms with E-state index in [1.54, 1.807) is 30.3 Å². The third-order valence-electron chi connectivity index (χ3n) is 4.96. The molecule has 2 aromatic rings. The maximum Gasteiger partial charge on any atom is 0.270 e. The molecular formula is C22H19ClN2O3S. The van der Waals surface area contributed by atoms with E-state index in [1.807, 2.05) is 18.2 Å². The Labute approximate surface area is 179 Å². The van der Waals surface area contributed by atoms with Crippen LogP contribution >= 0.6 is 23.8 Å². The fourth-order valence-corrected chi connectivity index (χ4v) is 3.82. The Morgan fingerprint density at radius 3 is 2.62 bits per heavy atom. The van der Waals surface area contributed by atoms with Crippen LogP contribution in [0.2, 0.25) is 5.02 Å². The Morgan fingerprint density at radius 1 is 1.17 bits per heavy atom. The molecule has 0 radical (unpaired) electrons. The van der Waals surface area contributed by atoms with E-state index in [-0.39, 0.29) is 16.3 Å². The highest BCUT2D eigenvalue weighted by Crippen LogP contribution is 2.34. The largest absolute Gasteiger partial charge is 0.488 e. The molecule has 0 aliphatic carbocycles. The Kier molecular flexibility index (Phi) is 4.92. The molecule has 4 rings (SSSR count). The second-order valence-corrected chi connectivity index (χ2v) is 8.49. The lowest BCUT2D eigenvalue weighted by molar-refractivity contribution is -0.122. The number of hydrogen-bond donors (Lipinski definition) is 1. The van der Waals surface area contributed by atoms with E-state index in [0.29, 0.717) is 10.7 Å². The average Bonchev–Trinajstić information content (AvgIpc) is 2.66. The van der Waals surface area contributed by atoms with Gasteiger partial charge in [-0.05, 0) is 92.5 Å². The number of hydrogen-bond acceptors (Lipinski definition) is 4. The van der Waals surface area contributed by atoms with Gasteiger partial charge in [0.15, 0.2) is 5.11 Å². The van der Waals surface area contributed by atoms with Crippen molar-refractivity contribution < 1.29 is 14.3 Å². The minimum Gasteiger partial charge on any atom is -0.488 e. The quantitative estimate of drug-likeness (QED) is 0.442. The van der Waals surface area contributed by atoms with Crippen LogP contribution < -0.4 is 15.0 Å². The van der Waals surface area contributed by atoms with Gasteiger partial charge in [-0.2, -0.15) is 0 Å². The molecule has 2 amide bonds. The predicted molar refractivity (Wildman–Crippen MR) is 117 cm³/mol. The first-order valence-electron chi connectivity index (χ1n) is 9.22. The van der Waals surface area contributed by atoms with Crippen molar-refractivity contribution >= 4 is 52.5 Å². The number of carbonyl (C=O) groups is 2. The molecule has 5 nitrogen and oxygen atoms in total. The Balaban J connectivity index is 1.67. The maximum absolute atomic E-state index is 13.1. The summed E-state index contributed by atoms with van der Waals surface area (Å²) in [4.78, 5) is 26.8. The number of nitrogens with one attached hydrogen (secondary N) is 1. The normalized spacial score (nSPS) is 19.6. The first-order chi connectivity index (χ1) is 13.7. The minimum atomic E-state index is -0.514. The van der Waals surface area contributed by atoms with Crippen molar-refractivity contribution in [3.63, 3.8) is 0 Å². The fraction of sp³-hybridized carbons (Fsp3) is 0.227. The summed E-state index contributed by atoms with van der Waals surface area (Å²) in [5.41, 5.74) is 2.19. The number of fused-ring (bicyclic) bond motifs is 1. The number of thiocarbonyl (C=S) groups is 1. The number of amides is 2. The Bertz CT molecular complexity index is 1060. The van der Waals surface area contributed by atoms with Crippen molar-refractivity contribution in [3.8, 4) is 5.75 Å². The van der Waals surface area contributed by atoms with Gasteiger partial charge in [0.05, 0.1) is 5.69 Å². The zero-order valence-corrected chi connectivity index (χ0v) is 17.6. The highest BCUT2D eigenvalue weighted by Gasteiger charge is 2.34. The summed E-state index contributed by atoms with van der Waals surface area (Å²) in [5.74, 6) is -0.150. The first kappa shape index (κ1) is 19.6. The highest BCUT2D eigenvalue weighted by molar-refractivity contribution is 7.80. The second-order valence-electron chi connectivity index (χ2n) is 7.66. The summed E-state index contributed by atoms with van der Waals surface area (Å²) in [6.07, 6.45) is 3.36. The van der Waals surface area contributed by atoms with Gasteiger partial charge in [0, 0.05) is 5.02 Å². The second kappa shape index (κ2) is 7.28. The van der Waals surface area contributed by atoms with Crippen LogP contribution in [-0.2, 0) is 16.0 Å². The molecule has 0 bridgehead atoms. The molecule has 1 N–H and O–H groups in total. The van der Waals surface area contributed by atoms with Gasteiger partial charge in [0.2, 0.25) is 0 Å². The zero-order chi connectivity index (χ0) is 20.8. The summed E-state index contributed by atoms with van der Waals surface area (Å²) in [6, 6.07) is 12.4. The molecule has 0 aromatic heterocycles.